The van der Waals surface area contributed by atoms with E-state index in [0.717, 1.165) is 12.8 Å². The Morgan fingerprint density at radius 1 is 1.53 bits per heavy atom. The predicted octanol–water partition coefficient (Wildman–Crippen LogP) is -0.567. The molecule has 1 heterocycles. The second kappa shape index (κ2) is 6.56. The van der Waals surface area contributed by atoms with Gasteiger partial charge in [0, 0.05) is 0 Å². The number of hydrogen-bond donors (Lipinski definition) is 2. The van der Waals surface area contributed by atoms with Crippen molar-refractivity contribution >= 4 is 11.9 Å². The van der Waals surface area contributed by atoms with E-state index in [1.165, 1.54) is 11.0 Å². The summed E-state index contributed by atoms with van der Waals surface area (Å²) in [6, 6.07) is -0.848. The first-order valence-electron chi connectivity index (χ1n) is 5.36. The Hall–Kier alpha value is -1.99. The number of tetrazole rings is 1. The quantitative estimate of drug-likeness (QED) is 0.661. The number of carboxylic acids is 1. The van der Waals surface area contributed by atoms with Crippen molar-refractivity contribution in [2.24, 2.45) is 0 Å². The summed E-state index contributed by atoms with van der Waals surface area (Å²) < 4.78 is 1.23. The molecule has 94 valence electrons. The highest BCUT2D eigenvalue weighted by Crippen LogP contribution is 2.00. The van der Waals surface area contributed by atoms with Crippen LogP contribution in [0.3, 0.4) is 0 Å². The number of carbonyl (C=O) groups is 2. The van der Waals surface area contributed by atoms with Gasteiger partial charge < -0.3 is 10.4 Å². The van der Waals surface area contributed by atoms with Gasteiger partial charge in [-0.3, -0.25) is 4.79 Å². The van der Waals surface area contributed by atoms with Gasteiger partial charge in [0.2, 0.25) is 5.91 Å². The predicted molar refractivity (Wildman–Crippen MR) is 56.9 cm³/mol. The van der Waals surface area contributed by atoms with E-state index in [0.29, 0.717) is 6.42 Å². The molecule has 0 bridgehead atoms. The molecule has 0 fully saturated rings. The molecular formula is C9H15N5O3. The third-order valence-electron chi connectivity index (χ3n) is 2.18. The van der Waals surface area contributed by atoms with Crippen molar-refractivity contribution in [2.45, 2.75) is 38.8 Å². The molecule has 2 N–H and O–H groups in total. The Balaban J connectivity index is 2.43. The Bertz CT molecular complexity index is 365. The Labute approximate surface area is 98.0 Å². The molecule has 1 atom stereocenters. The molecule has 1 aromatic rings. The van der Waals surface area contributed by atoms with Gasteiger partial charge in [-0.25, -0.2) is 9.48 Å². The van der Waals surface area contributed by atoms with Crippen molar-refractivity contribution in [1.82, 2.24) is 25.5 Å². The summed E-state index contributed by atoms with van der Waals surface area (Å²) in [7, 11) is 0. The topological polar surface area (TPSA) is 110 Å². The fourth-order valence-corrected chi connectivity index (χ4v) is 1.31. The van der Waals surface area contributed by atoms with Crippen molar-refractivity contribution in [3.63, 3.8) is 0 Å². The van der Waals surface area contributed by atoms with Gasteiger partial charge in [-0.2, -0.15) is 0 Å². The molecule has 0 radical (unpaired) electrons. The molecule has 0 saturated heterocycles. The lowest BCUT2D eigenvalue weighted by molar-refractivity contribution is -0.142. The number of amides is 1. The molecule has 8 nitrogen and oxygen atoms in total. The number of unbranched alkanes of at least 4 members (excludes halogenated alkanes) is 1. The summed E-state index contributed by atoms with van der Waals surface area (Å²) in [5, 5.41) is 21.6. The lowest BCUT2D eigenvalue weighted by atomic mass is 10.1. The van der Waals surface area contributed by atoms with Crippen LogP contribution in [0.5, 0.6) is 0 Å². The monoisotopic (exact) mass is 241 g/mol. The molecule has 1 rings (SSSR count). The normalized spacial score (nSPS) is 12.1. The summed E-state index contributed by atoms with van der Waals surface area (Å²) in [6.45, 7) is 1.88. The van der Waals surface area contributed by atoms with Crippen LogP contribution in [0.15, 0.2) is 6.33 Å². The van der Waals surface area contributed by atoms with Crippen LogP contribution in [0.4, 0.5) is 0 Å². The average Bonchev–Trinajstić information content (AvgIpc) is 2.76. The highest BCUT2D eigenvalue weighted by atomic mass is 16.4. The highest BCUT2D eigenvalue weighted by Gasteiger charge is 2.19. The maximum absolute atomic E-state index is 11.5. The van der Waals surface area contributed by atoms with Gasteiger partial charge in [0.15, 0.2) is 0 Å². The molecule has 17 heavy (non-hydrogen) atoms. The maximum Gasteiger partial charge on any atom is 0.326 e. The number of aliphatic carboxylic acids is 1. The van der Waals surface area contributed by atoms with E-state index in [1.54, 1.807) is 0 Å². The number of aromatic nitrogens is 4. The molecule has 8 heteroatoms. The zero-order valence-electron chi connectivity index (χ0n) is 9.54. The molecule has 0 saturated carbocycles. The van der Waals surface area contributed by atoms with Gasteiger partial charge >= 0.3 is 5.97 Å². The van der Waals surface area contributed by atoms with Gasteiger partial charge in [-0.05, 0) is 16.8 Å². The lowest BCUT2D eigenvalue weighted by Crippen LogP contribution is -2.42. The van der Waals surface area contributed by atoms with Crippen LogP contribution in [0.2, 0.25) is 0 Å². The second-order valence-electron chi connectivity index (χ2n) is 3.61. The van der Waals surface area contributed by atoms with Crippen molar-refractivity contribution < 1.29 is 14.7 Å². The van der Waals surface area contributed by atoms with E-state index in [1.807, 2.05) is 6.92 Å². The largest absolute Gasteiger partial charge is 0.480 e. The van der Waals surface area contributed by atoms with Crippen LogP contribution in [0, 0.1) is 0 Å². The first-order valence-corrected chi connectivity index (χ1v) is 5.36. The smallest absolute Gasteiger partial charge is 0.326 e. The Morgan fingerprint density at radius 2 is 2.29 bits per heavy atom. The van der Waals surface area contributed by atoms with Crippen LogP contribution >= 0.6 is 0 Å². The SMILES string of the molecule is CCCC[C@H](NC(=O)Cn1cnnn1)C(=O)O. The average molecular weight is 241 g/mol. The van der Waals surface area contributed by atoms with Crippen LogP contribution < -0.4 is 5.32 Å². The molecule has 1 aromatic heterocycles. The van der Waals surface area contributed by atoms with E-state index >= 15 is 0 Å². The summed E-state index contributed by atoms with van der Waals surface area (Å²) >= 11 is 0. The summed E-state index contributed by atoms with van der Waals surface area (Å²) in [6.07, 6.45) is 3.35. The third kappa shape index (κ3) is 4.58. The lowest BCUT2D eigenvalue weighted by Gasteiger charge is -2.13. The number of hydrogen-bond acceptors (Lipinski definition) is 5. The number of rotatable bonds is 7. The molecule has 0 aliphatic heterocycles. The van der Waals surface area contributed by atoms with Crippen molar-refractivity contribution in [1.29, 1.82) is 0 Å². The Morgan fingerprint density at radius 3 is 2.82 bits per heavy atom. The zero-order valence-corrected chi connectivity index (χ0v) is 9.54. The van der Waals surface area contributed by atoms with Gasteiger partial charge in [0.05, 0.1) is 0 Å². The Kier molecular flexibility index (Phi) is 5.05. The van der Waals surface area contributed by atoms with Crippen LogP contribution in [0.1, 0.15) is 26.2 Å². The first-order chi connectivity index (χ1) is 8.13. The standard InChI is InChI=1S/C9H15N5O3/c1-2-3-4-7(9(16)17)11-8(15)5-14-6-10-12-13-14/h6-7H,2-5H2,1H3,(H,11,15)(H,16,17)/t7-/m0/s1. The molecule has 0 aliphatic rings. The second-order valence-corrected chi connectivity index (χ2v) is 3.61. The summed E-state index contributed by atoms with van der Waals surface area (Å²) in [5.41, 5.74) is 0. The number of nitrogens with one attached hydrogen (secondary N) is 1. The number of carboxylic acid groups (broad SMARTS) is 1. The van der Waals surface area contributed by atoms with Crippen molar-refractivity contribution in [3.05, 3.63) is 6.33 Å². The fourth-order valence-electron chi connectivity index (χ4n) is 1.31. The maximum atomic E-state index is 11.5. The molecule has 0 unspecified atom stereocenters. The van der Waals surface area contributed by atoms with Gasteiger partial charge in [-0.1, -0.05) is 19.8 Å². The third-order valence-corrected chi connectivity index (χ3v) is 2.18. The van der Waals surface area contributed by atoms with E-state index < -0.39 is 17.9 Å². The van der Waals surface area contributed by atoms with E-state index in [2.05, 4.69) is 20.8 Å². The van der Waals surface area contributed by atoms with Crippen LogP contribution in [-0.4, -0.2) is 43.2 Å². The summed E-state index contributed by atoms with van der Waals surface area (Å²) in [4.78, 5) is 22.4. The molecule has 1 amide bonds. The molecule has 0 spiro atoms. The fraction of sp³-hybridized carbons (Fsp3) is 0.667. The van der Waals surface area contributed by atoms with Gasteiger partial charge in [0.25, 0.3) is 0 Å². The minimum absolute atomic E-state index is 0.0805. The number of nitrogens with zero attached hydrogens (tertiary/aromatic N) is 4. The van der Waals surface area contributed by atoms with Gasteiger partial charge in [-0.15, -0.1) is 5.10 Å². The van der Waals surface area contributed by atoms with E-state index in [9.17, 15) is 9.59 Å². The molecule has 0 aliphatic carbocycles. The minimum atomic E-state index is -1.02. The minimum Gasteiger partial charge on any atom is -0.480 e. The van der Waals surface area contributed by atoms with E-state index in [4.69, 9.17) is 5.11 Å². The summed E-state index contributed by atoms with van der Waals surface area (Å²) in [5.74, 6) is -1.44. The molecular weight excluding hydrogens is 226 g/mol. The van der Waals surface area contributed by atoms with E-state index in [-0.39, 0.29) is 6.54 Å². The van der Waals surface area contributed by atoms with Crippen molar-refractivity contribution in [3.8, 4) is 0 Å². The zero-order chi connectivity index (χ0) is 12.7. The first kappa shape index (κ1) is 13.1. The van der Waals surface area contributed by atoms with Gasteiger partial charge in [0.1, 0.15) is 18.9 Å². The number of carbonyl (C=O) groups excluding carboxylic acids is 1. The van der Waals surface area contributed by atoms with Crippen LogP contribution in [0.25, 0.3) is 0 Å². The highest BCUT2D eigenvalue weighted by molar-refractivity contribution is 5.83. The molecule has 0 aromatic carbocycles. The van der Waals surface area contributed by atoms with Crippen LogP contribution in [-0.2, 0) is 16.1 Å². The van der Waals surface area contributed by atoms with Crippen molar-refractivity contribution in [2.75, 3.05) is 0 Å².